The van der Waals surface area contributed by atoms with Gasteiger partial charge in [-0.05, 0) is 18.1 Å². The minimum absolute atomic E-state index is 0.0889. The summed E-state index contributed by atoms with van der Waals surface area (Å²) < 4.78 is 0. The lowest BCUT2D eigenvalue weighted by Gasteiger charge is -2.03. The van der Waals surface area contributed by atoms with Crippen LogP contribution in [0.3, 0.4) is 0 Å². The Hall–Kier alpha value is -2.36. The quantitative estimate of drug-likeness (QED) is 0.848. The zero-order valence-corrected chi connectivity index (χ0v) is 10.9. The van der Waals surface area contributed by atoms with Gasteiger partial charge in [-0.1, -0.05) is 32.0 Å². The Labute approximate surface area is 110 Å². The number of rotatable bonds is 2. The molecule has 4 nitrogen and oxygen atoms in total. The van der Waals surface area contributed by atoms with Gasteiger partial charge in [0, 0.05) is 23.0 Å². The summed E-state index contributed by atoms with van der Waals surface area (Å²) in [5, 5.41) is 5.59. The minimum Gasteiger partial charge on any atom is -0.301 e. The molecular formula is C15H15N3O. The molecule has 0 atom stereocenters. The highest BCUT2D eigenvalue weighted by Crippen LogP contribution is 2.32. The van der Waals surface area contributed by atoms with Crippen molar-refractivity contribution in [2.24, 2.45) is 4.99 Å². The van der Waals surface area contributed by atoms with E-state index >= 15 is 0 Å². The van der Waals surface area contributed by atoms with Crippen LogP contribution in [-0.4, -0.2) is 16.4 Å². The van der Waals surface area contributed by atoms with Crippen LogP contribution in [0.25, 0.3) is 11.6 Å². The molecule has 96 valence electrons. The Morgan fingerprint density at radius 2 is 2.00 bits per heavy atom. The summed E-state index contributed by atoms with van der Waals surface area (Å²) in [6.45, 7) is 4.11. The molecule has 1 aliphatic heterocycles. The molecule has 0 bridgehead atoms. The van der Waals surface area contributed by atoms with Gasteiger partial charge in [0.25, 0.3) is 5.56 Å². The molecule has 0 fully saturated rings. The highest BCUT2D eigenvalue weighted by molar-refractivity contribution is 6.21. The van der Waals surface area contributed by atoms with Crippen LogP contribution < -0.4 is 5.56 Å². The van der Waals surface area contributed by atoms with E-state index in [9.17, 15) is 4.79 Å². The average Bonchev–Trinajstić information content (AvgIpc) is 2.96. The van der Waals surface area contributed by atoms with Gasteiger partial charge in [0.15, 0.2) is 0 Å². The van der Waals surface area contributed by atoms with E-state index in [1.54, 1.807) is 6.21 Å². The number of fused-ring (bicyclic) bond motifs is 1. The molecule has 0 saturated carbocycles. The van der Waals surface area contributed by atoms with Gasteiger partial charge in [0.05, 0.1) is 11.3 Å². The zero-order chi connectivity index (χ0) is 13.4. The predicted octanol–water partition coefficient (Wildman–Crippen LogP) is 3.08. The molecule has 2 heterocycles. The summed E-state index contributed by atoms with van der Waals surface area (Å²) in [5.74, 6) is 0.263. The third-order valence-electron chi connectivity index (χ3n) is 3.28. The second kappa shape index (κ2) is 4.39. The summed E-state index contributed by atoms with van der Waals surface area (Å²) in [5.41, 5.74) is 4.52. The molecular weight excluding hydrogens is 238 g/mol. The maximum absolute atomic E-state index is 11.9. The Morgan fingerprint density at radius 3 is 2.79 bits per heavy atom. The van der Waals surface area contributed by atoms with Crippen molar-refractivity contribution in [3.63, 3.8) is 0 Å². The molecule has 1 aliphatic rings. The van der Waals surface area contributed by atoms with Crippen LogP contribution in [0.15, 0.2) is 34.1 Å². The summed E-state index contributed by atoms with van der Waals surface area (Å²) in [7, 11) is 0. The first-order valence-corrected chi connectivity index (χ1v) is 6.32. The zero-order valence-electron chi connectivity index (χ0n) is 10.9. The van der Waals surface area contributed by atoms with E-state index in [1.165, 1.54) is 0 Å². The Balaban J connectivity index is 2.12. The van der Waals surface area contributed by atoms with Crippen LogP contribution in [0.2, 0.25) is 0 Å². The molecule has 0 saturated heterocycles. The number of benzene rings is 1. The van der Waals surface area contributed by atoms with Crippen molar-refractivity contribution in [3.05, 3.63) is 51.4 Å². The number of hydrogen-bond donors (Lipinski definition) is 2. The standard InChI is InChI=1S/C15H15N3O/c1-9(2)14-12(15(19)18-17-14)7-10-8-16-13-6-4-3-5-11(10)13/h3-9H,1-2H3,(H2,17,18,19)/b10-7-. The van der Waals surface area contributed by atoms with E-state index in [1.807, 2.05) is 30.3 Å². The summed E-state index contributed by atoms with van der Waals surface area (Å²) in [6, 6.07) is 7.93. The fourth-order valence-corrected chi connectivity index (χ4v) is 2.29. The number of nitrogens with zero attached hydrogens (tertiary/aromatic N) is 1. The number of aromatic amines is 2. The lowest BCUT2D eigenvalue weighted by atomic mass is 10.0. The number of para-hydroxylation sites is 1. The third-order valence-corrected chi connectivity index (χ3v) is 3.28. The molecule has 0 spiro atoms. The van der Waals surface area contributed by atoms with Gasteiger partial charge in [-0.2, -0.15) is 0 Å². The molecule has 0 amide bonds. The first kappa shape index (κ1) is 11.7. The van der Waals surface area contributed by atoms with Crippen molar-refractivity contribution in [2.75, 3.05) is 0 Å². The van der Waals surface area contributed by atoms with Crippen LogP contribution in [0.5, 0.6) is 0 Å². The molecule has 0 radical (unpaired) electrons. The van der Waals surface area contributed by atoms with Crippen LogP contribution in [0.4, 0.5) is 5.69 Å². The number of aliphatic imine (C=N–C) groups is 1. The number of nitrogens with one attached hydrogen (secondary N) is 2. The average molecular weight is 253 g/mol. The van der Waals surface area contributed by atoms with Gasteiger partial charge in [-0.25, -0.2) is 0 Å². The molecule has 2 N–H and O–H groups in total. The molecule has 1 aromatic heterocycles. The Kier molecular flexibility index (Phi) is 2.71. The second-order valence-electron chi connectivity index (χ2n) is 4.94. The maximum Gasteiger partial charge on any atom is 0.271 e. The predicted molar refractivity (Wildman–Crippen MR) is 78.0 cm³/mol. The van der Waals surface area contributed by atoms with Crippen molar-refractivity contribution in [1.82, 2.24) is 10.2 Å². The summed E-state index contributed by atoms with van der Waals surface area (Å²) >= 11 is 0. The van der Waals surface area contributed by atoms with Crippen LogP contribution in [-0.2, 0) is 0 Å². The van der Waals surface area contributed by atoms with Gasteiger partial charge >= 0.3 is 0 Å². The number of hydrogen-bond acceptors (Lipinski definition) is 2. The molecule has 1 aromatic carbocycles. The molecule has 2 aromatic rings. The SMILES string of the molecule is CC(C)c1[nH][nH]c(=O)c1/C=C1/C=Nc2ccccc21. The molecule has 3 rings (SSSR count). The van der Waals surface area contributed by atoms with Crippen molar-refractivity contribution in [1.29, 1.82) is 0 Å². The van der Waals surface area contributed by atoms with Crippen molar-refractivity contribution in [2.45, 2.75) is 19.8 Å². The topological polar surface area (TPSA) is 61.0 Å². The normalized spacial score (nSPS) is 15.4. The smallest absolute Gasteiger partial charge is 0.271 e. The van der Waals surface area contributed by atoms with Gasteiger partial charge in [0.2, 0.25) is 0 Å². The number of aromatic nitrogens is 2. The Bertz CT molecular complexity index is 732. The van der Waals surface area contributed by atoms with Crippen LogP contribution >= 0.6 is 0 Å². The fourth-order valence-electron chi connectivity index (χ4n) is 2.29. The monoisotopic (exact) mass is 253 g/mol. The maximum atomic E-state index is 11.9. The second-order valence-corrected chi connectivity index (χ2v) is 4.94. The van der Waals surface area contributed by atoms with Crippen molar-refractivity contribution >= 4 is 23.6 Å². The Morgan fingerprint density at radius 1 is 1.21 bits per heavy atom. The van der Waals surface area contributed by atoms with Crippen molar-refractivity contribution in [3.8, 4) is 0 Å². The van der Waals surface area contributed by atoms with E-state index in [4.69, 9.17) is 0 Å². The first-order valence-electron chi connectivity index (χ1n) is 6.32. The molecule has 0 aliphatic carbocycles. The molecule has 4 heteroatoms. The summed E-state index contributed by atoms with van der Waals surface area (Å²) in [6.07, 6.45) is 3.71. The van der Waals surface area contributed by atoms with E-state index < -0.39 is 0 Å². The third kappa shape index (κ3) is 1.95. The lowest BCUT2D eigenvalue weighted by Crippen LogP contribution is -2.03. The lowest BCUT2D eigenvalue weighted by molar-refractivity contribution is 0.808. The highest BCUT2D eigenvalue weighted by atomic mass is 16.1. The highest BCUT2D eigenvalue weighted by Gasteiger charge is 2.15. The molecule has 0 unspecified atom stereocenters. The van der Waals surface area contributed by atoms with Crippen molar-refractivity contribution < 1.29 is 0 Å². The number of H-pyrrole nitrogens is 2. The van der Waals surface area contributed by atoms with E-state index in [2.05, 4.69) is 29.0 Å². The van der Waals surface area contributed by atoms with E-state index in [-0.39, 0.29) is 11.5 Å². The molecule has 19 heavy (non-hydrogen) atoms. The minimum atomic E-state index is -0.0889. The van der Waals surface area contributed by atoms with Crippen LogP contribution in [0, 0.1) is 0 Å². The van der Waals surface area contributed by atoms with Gasteiger partial charge in [-0.15, -0.1) is 0 Å². The van der Waals surface area contributed by atoms with Gasteiger partial charge < -0.3 is 5.10 Å². The summed E-state index contributed by atoms with van der Waals surface area (Å²) in [4.78, 5) is 16.2. The van der Waals surface area contributed by atoms with E-state index in [0.29, 0.717) is 5.56 Å². The van der Waals surface area contributed by atoms with Gasteiger partial charge in [0.1, 0.15) is 0 Å². The van der Waals surface area contributed by atoms with Crippen LogP contribution in [0.1, 0.15) is 36.6 Å². The number of allylic oxidation sites excluding steroid dienone is 1. The first-order chi connectivity index (χ1) is 9.16. The fraction of sp³-hybridized carbons (Fsp3) is 0.200. The largest absolute Gasteiger partial charge is 0.301 e. The van der Waals surface area contributed by atoms with E-state index in [0.717, 1.165) is 22.5 Å². The van der Waals surface area contributed by atoms with Gasteiger partial charge in [-0.3, -0.25) is 14.9 Å².